The minimum Gasteiger partial charge on any atom is -0.350 e. The number of nitro groups is 1. The third-order valence-electron chi connectivity index (χ3n) is 4.33. The Morgan fingerprint density at radius 3 is 2.10 bits per heavy atom. The van der Waals surface area contributed by atoms with Gasteiger partial charge in [0.15, 0.2) is 0 Å². The maximum atomic E-state index is 12.8. The summed E-state index contributed by atoms with van der Waals surface area (Å²) < 4.78 is 0. The Morgan fingerprint density at radius 1 is 1.00 bits per heavy atom. The number of amides is 3. The molecule has 3 rings (SSSR count). The summed E-state index contributed by atoms with van der Waals surface area (Å²) in [6.07, 6.45) is 0. The molecule has 1 aliphatic rings. The average molecular weight is 394 g/mol. The van der Waals surface area contributed by atoms with Crippen molar-refractivity contribution in [1.82, 2.24) is 4.90 Å². The highest BCUT2D eigenvalue weighted by Gasteiger charge is 2.38. The van der Waals surface area contributed by atoms with Gasteiger partial charge in [-0.15, -0.1) is 0 Å². The number of anilines is 2. The molecule has 2 aromatic carbocycles. The molecule has 0 saturated heterocycles. The van der Waals surface area contributed by atoms with Crippen LogP contribution in [-0.2, 0) is 14.4 Å². The lowest BCUT2D eigenvalue weighted by atomic mass is 10.0. The second-order valence-corrected chi connectivity index (χ2v) is 6.29. The number of hydrogen-bond acceptors (Lipinski definition) is 6. The number of hydrogen-bond donors (Lipinski definition) is 2. The molecule has 0 saturated carbocycles. The van der Waals surface area contributed by atoms with E-state index >= 15 is 0 Å². The van der Waals surface area contributed by atoms with Crippen molar-refractivity contribution in [2.75, 3.05) is 17.2 Å². The first kappa shape index (κ1) is 19.7. The van der Waals surface area contributed by atoms with Gasteiger partial charge in [0.05, 0.1) is 10.5 Å². The van der Waals surface area contributed by atoms with Crippen LogP contribution in [0.2, 0.25) is 0 Å². The Bertz CT molecular complexity index is 1030. The van der Waals surface area contributed by atoms with E-state index in [0.29, 0.717) is 16.9 Å². The van der Waals surface area contributed by atoms with E-state index < -0.39 is 16.7 Å². The highest BCUT2D eigenvalue weighted by molar-refractivity contribution is 6.36. The number of benzene rings is 2. The van der Waals surface area contributed by atoms with Gasteiger partial charge in [0.25, 0.3) is 17.5 Å². The lowest BCUT2D eigenvalue weighted by Gasteiger charge is -2.12. The maximum absolute atomic E-state index is 12.8. The number of rotatable bonds is 6. The number of nitrogens with zero attached hydrogens (tertiary/aromatic N) is 2. The molecule has 0 fully saturated rings. The second-order valence-electron chi connectivity index (χ2n) is 6.29. The van der Waals surface area contributed by atoms with Gasteiger partial charge in [0.2, 0.25) is 5.91 Å². The van der Waals surface area contributed by atoms with Crippen molar-refractivity contribution in [3.63, 3.8) is 0 Å². The molecule has 0 unspecified atom stereocenters. The molecule has 0 bridgehead atoms. The van der Waals surface area contributed by atoms with E-state index in [1.807, 2.05) is 0 Å². The largest absolute Gasteiger partial charge is 0.350 e. The molecular formula is C20H18N4O5. The van der Waals surface area contributed by atoms with E-state index in [9.17, 15) is 24.5 Å². The first-order valence-electron chi connectivity index (χ1n) is 8.81. The van der Waals surface area contributed by atoms with Gasteiger partial charge in [-0.2, -0.15) is 0 Å². The summed E-state index contributed by atoms with van der Waals surface area (Å²) in [4.78, 5) is 48.1. The Labute approximate surface area is 166 Å². The average Bonchev–Trinajstić information content (AvgIpc) is 2.92. The second kappa shape index (κ2) is 7.93. The lowest BCUT2D eigenvalue weighted by molar-refractivity contribution is -0.384. The number of nitrogens with one attached hydrogen (secondary N) is 2. The highest BCUT2D eigenvalue weighted by atomic mass is 16.6. The summed E-state index contributed by atoms with van der Waals surface area (Å²) in [6, 6.07) is 12.1. The van der Waals surface area contributed by atoms with Crippen molar-refractivity contribution in [1.29, 1.82) is 0 Å². The molecule has 3 amide bonds. The number of non-ortho nitro benzene ring substituents is 1. The third kappa shape index (κ3) is 3.98. The van der Waals surface area contributed by atoms with Crippen molar-refractivity contribution < 1.29 is 19.3 Å². The van der Waals surface area contributed by atoms with Crippen LogP contribution in [0.3, 0.4) is 0 Å². The van der Waals surface area contributed by atoms with Crippen LogP contribution < -0.4 is 10.6 Å². The Morgan fingerprint density at radius 2 is 1.59 bits per heavy atom. The SMILES string of the molecule is CCN1C(=O)C(Nc2ccc(NC(C)=O)cc2)=C(c2ccc([N+](=O)[O-])cc2)C1=O. The molecule has 2 N–H and O–H groups in total. The predicted molar refractivity (Wildman–Crippen MR) is 107 cm³/mol. The fraction of sp³-hybridized carbons (Fsp3) is 0.150. The summed E-state index contributed by atoms with van der Waals surface area (Å²) in [6.45, 7) is 3.28. The molecule has 1 heterocycles. The fourth-order valence-corrected chi connectivity index (χ4v) is 2.98. The van der Waals surface area contributed by atoms with Crippen LogP contribution in [0.5, 0.6) is 0 Å². The zero-order valence-corrected chi connectivity index (χ0v) is 15.8. The van der Waals surface area contributed by atoms with Crippen molar-refractivity contribution in [3.8, 4) is 0 Å². The predicted octanol–water partition coefficient (Wildman–Crippen LogP) is 2.77. The summed E-state index contributed by atoms with van der Waals surface area (Å²) in [7, 11) is 0. The van der Waals surface area contributed by atoms with Crippen molar-refractivity contribution in [3.05, 3.63) is 69.9 Å². The smallest absolute Gasteiger partial charge is 0.278 e. The van der Waals surface area contributed by atoms with Gasteiger partial charge in [-0.25, -0.2) is 0 Å². The van der Waals surface area contributed by atoms with Crippen molar-refractivity contribution in [2.24, 2.45) is 0 Å². The van der Waals surface area contributed by atoms with Crippen molar-refractivity contribution >= 4 is 40.4 Å². The zero-order chi connectivity index (χ0) is 21.1. The molecule has 0 radical (unpaired) electrons. The van der Waals surface area contributed by atoms with Crippen LogP contribution in [0.4, 0.5) is 17.1 Å². The molecule has 0 aromatic heterocycles. The fourth-order valence-electron chi connectivity index (χ4n) is 2.98. The standard InChI is InChI=1S/C20H18N4O5/c1-3-23-19(26)17(13-4-10-16(11-5-13)24(28)29)18(20(23)27)22-15-8-6-14(7-9-15)21-12(2)25/h4-11,22H,3H2,1-2H3,(H,21,25). The van der Waals surface area contributed by atoms with E-state index in [4.69, 9.17) is 0 Å². The molecule has 29 heavy (non-hydrogen) atoms. The molecule has 0 atom stereocenters. The number of carbonyl (C=O) groups excluding carboxylic acids is 3. The van der Waals surface area contributed by atoms with Gasteiger partial charge < -0.3 is 10.6 Å². The normalized spacial score (nSPS) is 13.7. The minimum atomic E-state index is -0.534. The molecule has 0 aliphatic carbocycles. The third-order valence-corrected chi connectivity index (χ3v) is 4.33. The van der Waals surface area contributed by atoms with Gasteiger partial charge in [0, 0.05) is 37.0 Å². The summed E-state index contributed by atoms with van der Waals surface area (Å²) in [5.74, 6) is -1.15. The lowest BCUT2D eigenvalue weighted by Crippen LogP contribution is -2.32. The van der Waals surface area contributed by atoms with E-state index in [2.05, 4.69) is 10.6 Å². The van der Waals surface area contributed by atoms with Gasteiger partial charge in [0.1, 0.15) is 5.70 Å². The highest BCUT2D eigenvalue weighted by Crippen LogP contribution is 2.31. The van der Waals surface area contributed by atoms with Gasteiger partial charge in [-0.1, -0.05) is 0 Å². The first-order valence-corrected chi connectivity index (χ1v) is 8.81. The van der Waals surface area contributed by atoms with E-state index in [0.717, 1.165) is 4.90 Å². The Hall–Kier alpha value is -4.01. The van der Waals surface area contributed by atoms with E-state index in [1.165, 1.54) is 31.2 Å². The van der Waals surface area contributed by atoms with Gasteiger partial charge >= 0.3 is 0 Å². The summed E-state index contributed by atoms with van der Waals surface area (Å²) in [5, 5.41) is 16.5. The topological polar surface area (TPSA) is 122 Å². The molecule has 0 spiro atoms. The molecule has 2 aromatic rings. The Kier molecular flexibility index (Phi) is 5.40. The molecular weight excluding hydrogens is 376 g/mol. The monoisotopic (exact) mass is 394 g/mol. The molecule has 9 nitrogen and oxygen atoms in total. The minimum absolute atomic E-state index is 0.0954. The number of imide groups is 1. The summed E-state index contributed by atoms with van der Waals surface area (Å²) >= 11 is 0. The molecule has 1 aliphatic heterocycles. The van der Waals surface area contributed by atoms with Crippen LogP contribution in [0, 0.1) is 10.1 Å². The Balaban J connectivity index is 1.98. The quantitative estimate of drug-likeness (QED) is 0.441. The van der Waals surface area contributed by atoms with Crippen LogP contribution in [0.25, 0.3) is 5.57 Å². The summed E-state index contributed by atoms with van der Waals surface area (Å²) in [5.41, 5.74) is 1.68. The van der Waals surface area contributed by atoms with Crippen LogP contribution >= 0.6 is 0 Å². The van der Waals surface area contributed by atoms with E-state index in [1.54, 1.807) is 31.2 Å². The molecule has 9 heteroatoms. The van der Waals surface area contributed by atoms with E-state index in [-0.39, 0.29) is 29.4 Å². The number of likely N-dealkylation sites (N-methyl/N-ethyl adjacent to an activating group) is 1. The zero-order valence-electron chi connectivity index (χ0n) is 15.8. The van der Waals surface area contributed by atoms with Crippen LogP contribution in [-0.4, -0.2) is 34.1 Å². The maximum Gasteiger partial charge on any atom is 0.278 e. The van der Waals surface area contributed by atoms with Crippen LogP contribution in [0.1, 0.15) is 19.4 Å². The number of nitro benzene ring substituents is 1. The van der Waals surface area contributed by atoms with Crippen LogP contribution in [0.15, 0.2) is 54.2 Å². The molecule has 148 valence electrons. The number of carbonyl (C=O) groups is 3. The van der Waals surface area contributed by atoms with Crippen molar-refractivity contribution in [2.45, 2.75) is 13.8 Å². The van der Waals surface area contributed by atoms with Gasteiger partial charge in [-0.05, 0) is 48.9 Å². The first-order chi connectivity index (χ1) is 13.8. The van der Waals surface area contributed by atoms with Gasteiger partial charge in [-0.3, -0.25) is 29.4 Å².